The predicted molar refractivity (Wildman–Crippen MR) is 54.7 cm³/mol. The highest BCUT2D eigenvalue weighted by Gasteiger charge is 2.11. The number of hydrogen-bond acceptors (Lipinski definition) is 2. The van der Waals surface area contributed by atoms with E-state index in [1.807, 2.05) is 0 Å². The molecule has 13 heavy (non-hydrogen) atoms. The van der Waals surface area contributed by atoms with E-state index in [0.717, 1.165) is 19.6 Å². The SMILES string of the molecule is c1ccc(C2CNCCCN2)cc1. The van der Waals surface area contributed by atoms with Crippen LogP contribution in [0, 0.1) is 0 Å². The van der Waals surface area contributed by atoms with Crippen LogP contribution < -0.4 is 10.6 Å². The van der Waals surface area contributed by atoms with Gasteiger partial charge in [-0.25, -0.2) is 0 Å². The molecule has 70 valence electrons. The fourth-order valence-corrected chi connectivity index (χ4v) is 1.73. The van der Waals surface area contributed by atoms with Crippen molar-refractivity contribution in [1.29, 1.82) is 0 Å². The molecule has 0 saturated carbocycles. The van der Waals surface area contributed by atoms with Crippen molar-refractivity contribution in [2.24, 2.45) is 0 Å². The Labute approximate surface area is 79.4 Å². The summed E-state index contributed by atoms with van der Waals surface area (Å²) in [6.07, 6.45) is 1.23. The molecule has 0 bridgehead atoms. The van der Waals surface area contributed by atoms with Crippen molar-refractivity contribution in [1.82, 2.24) is 10.6 Å². The van der Waals surface area contributed by atoms with E-state index >= 15 is 0 Å². The third kappa shape index (κ3) is 2.29. The third-order valence-electron chi connectivity index (χ3n) is 2.47. The smallest absolute Gasteiger partial charge is 0.0446 e. The van der Waals surface area contributed by atoms with Gasteiger partial charge >= 0.3 is 0 Å². The fraction of sp³-hybridized carbons (Fsp3) is 0.455. The molecule has 2 nitrogen and oxygen atoms in total. The van der Waals surface area contributed by atoms with Crippen molar-refractivity contribution >= 4 is 0 Å². The molecule has 1 fully saturated rings. The molecule has 1 aliphatic heterocycles. The largest absolute Gasteiger partial charge is 0.315 e. The topological polar surface area (TPSA) is 24.1 Å². The first-order valence-electron chi connectivity index (χ1n) is 4.96. The average molecular weight is 176 g/mol. The van der Waals surface area contributed by atoms with Crippen molar-refractivity contribution in [2.75, 3.05) is 19.6 Å². The van der Waals surface area contributed by atoms with Crippen molar-refractivity contribution in [3.8, 4) is 0 Å². The van der Waals surface area contributed by atoms with E-state index in [9.17, 15) is 0 Å². The molecular weight excluding hydrogens is 160 g/mol. The van der Waals surface area contributed by atoms with Crippen LogP contribution in [0.3, 0.4) is 0 Å². The summed E-state index contributed by atoms with van der Waals surface area (Å²) < 4.78 is 0. The zero-order valence-corrected chi connectivity index (χ0v) is 7.79. The van der Waals surface area contributed by atoms with Crippen LogP contribution in [0.4, 0.5) is 0 Å². The summed E-state index contributed by atoms with van der Waals surface area (Å²) in [6.45, 7) is 3.30. The van der Waals surface area contributed by atoms with Gasteiger partial charge in [0.15, 0.2) is 0 Å². The maximum absolute atomic E-state index is 3.54. The summed E-state index contributed by atoms with van der Waals surface area (Å²) in [7, 11) is 0. The van der Waals surface area contributed by atoms with E-state index in [2.05, 4.69) is 41.0 Å². The second-order valence-corrected chi connectivity index (χ2v) is 3.48. The van der Waals surface area contributed by atoms with Gasteiger partial charge < -0.3 is 10.6 Å². The second-order valence-electron chi connectivity index (χ2n) is 3.48. The lowest BCUT2D eigenvalue weighted by Gasteiger charge is -2.15. The Morgan fingerprint density at radius 3 is 2.77 bits per heavy atom. The van der Waals surface area contributed by atoms with Gasteiger partial charge in [-0.3, -0.25) is 0 Å². The number of rotatable bonds is 1. The van der Waals surface area contributed by atoms with Crippen LogP contribution in [0.15, 0.2) is 30.3 Å². The summed E-state index contributed by atoms with van der Waals surface area (Å²) >= 11 is 0. The van der Waals surface area contributed by atoms with Gasteiger partial charge in [0.2, 0.25) is 0 Å². The summed E-state index contributed by atoms with van der Waals surface area (Å²) in [5.41, 5.74) is 1.39. The second kappa shape index (κ2) is 4.40. The van der Waals surface area contributed by atoms with Gasteiger partial charge in [0, 0.05) is 12.6 Å². The molecule has 0 spiro atoms. The monoisotopic (exact) mass is 176 g/mol. The fourth-order valence-electron chi connectivity index (χ4n) is 1.73. The van der Waals surface area contributed by atoms with Crippen LogP contribution in [0.25, 0.3) is 0 Å². The highest BCUT2D eigenvalue weighted by Crippen LogP contribution is 2.12. The van der Waals surface area contributed by atoms with Crippen molar-refractivity contribution in [3.05, 3.63) is 35.9 Å². The van der Waals surface area contributed by atoms with Crippen molar-refractivity contribution < 1.29 is 0 Å². The quantitative estimate of drug-likeness (QED) is 0.674. The van der Waals surface area contributed by atoms with E-state index < -0.39 is 0 Å². The van der Waals surface area contributed by atoms with E-state index in [0.29, 0.717) is 6.04 Å². The molecule has 1 atom stereocenters. The first-order valence-corrected chi connectivity index (χ1v) is 4.96. The van der Waals surface area contributed by atoms with Crippen LogP contribution in [-0.4, -0.2) is 19.6 Å². The van der Waals surface area contributed by atoms with Gasteiger partial charge in [-0.15, -0.1) is 0 Å². The molecule has 2 heteroatoms. The lowest BCUT2D eigenvalue weighted by atomic mass is 10.1. The number of hydrogen-bond donors (Lipinski definition) is 2. The molecule has 1 heterocycles. The molecule has 1 aromatic carbocycles. The molecule has 1 aromatic rings. The maximum Gasteiger partial charge on any atom is 0.0446 e. The lowest BCUT2D eigenvalue weighted by Crippen LogP contribution is -2.27. The Kier molecular flexibility index (Phi) is 2.95. The Morgan fingerprint density at radius 1 is 1.08 bits per heavy atom. The minimum Gasteiger partial charge on any atom is -0.315 e. The summed E-state index contributed by atoms with van der Waals surface area (Å²) in [5, 5.41) is 6.97. The first-order chi connectivity index (χ1) is 6.47. The van der Waals surface area contributed by atoms with Crippen molar-refractivity contribution in [3.63, 3.8) is 0 Å². The van der Waals surface area contributed by atoms with Crippen LogP contribution in [0.1, 0.15) is 18.0 Å². The van der Waals surface area contributed by atoms with E-state index in [4.69, 9.17) is 0 Å². The minimum atomic E-state index is 0.490. The van der Waals surface area contributed by atoms with Gasteiger partial charge in [-0.1, -0.05) is 30.3 Å². The highest BCUT2D eigenvalue weighted by molar-refractivity contribution is 5.19. The maximum atomic E-state index is 3.54. The molecule has 1 saturated heterocycles. The van der Waals surface area contributed by atoms with Gasteiger partial charge in [-0.2, -0.15) is 0 Å². The normalized spacial score (nSPS) is 23.8. The van der Waals surface area contributed by atoms with Gasteiger partial charge in [0.05, 0.1) is 0 Å². The lowest BCUT2D eigenvalue weighted by molar-refractivity contribution is 0.553. The molecule has 0 aromatic heterocycles. The molecule has 1 aliphatic rings. The van der Waals surface area contributed by atoms with Crippen molar-refractivity contribution in [2.45, 2.75) is 12.5 Å². The zero-order chi connectivity index (χ0) is 8.93. The van der Waals surface area contributed by atoms with E-state index in [1.165, 1.54) is 12.0 Å². The molecule has 0 aliphatic carbocycles. The summed E-state index contributed by atoms with van der Waals surface area (Å²) in [5.74, 6) is 0. The van der Waals surface area contributed by atoms with Crippen LogP contribution in [0.5, 0.6) is 0 Å². The third-order valence-corrected chi connectivity index (χ3v) is 2.47. The Balaban J connectivity index is 2.06. The van der Waals surface area contributed by atoms with E-state index in [1.54, 1.807) is 0 Å². The van der Waals surface area contributed by atoms with E-state index in [-0.39, 0.29) is 0 Å². The standard InChI is InChI=1S/C11H16N2/c1-2-5-10(6-3-1)11-9-12-7-4-8-13-11/h1-3,5-6,11-13H,4,7-9H2. The molecular formula is C11H16N2. The Hall–Kier alpha value is -0.860. The van der Waals surface area contributed by atoms with Gasteiger partial charge in [0.25, 0.3) is 0 Å². The molecule has 0 amide bonds. The van der Waals surface area contributed by atoms with Crippen LogP contribution in [-0.2, 0) is 0 Å². The average Bonchev–Trinajstić information content (AvgIpc) is 2.47. The zero-order valence-electron chi connectivity index (χ0n) is 7.79. The molecule has 2 N–H and O–H groups in total. The van der Waals surface area contributed by atoms with Crippen LogP contribution >= 0.6 is 0 Å². The highest BCUT2D eigenvalue weighted by atomic mass is 15.0. The molecule has 2 rings (SSSR count). The summed E-state index contributed by atoms with van der Waals surface area (Å²) in [4.78, 5) is 0. The van der Waals surface area contributed by atoms with Gasteiger partial charge in [-0.05, 0) is 25.1 Å². The first kappa shape index (κ1) is 8.73. The Bertz CT molecular complexity index is 238. The number of benzene rings is 1. The molecule has 0 radical (unpaired) electrons. The Morgan fingerprint density at radius 2 is 1.92 bits per heavy atom. The summed E-state index contributed by atoms with van der Waals surface area (Å²) in [6, 6.07) is 11.1. The molecule has 1 unspecified atom stereocenters. The predicted octanol–water partition coefficient (Wildman–Crippen LogP) is 1.31. The minimum absolute atomic E-state index is 0.490. The number of nitrogens with one attached hydrogen (secondary N) is 2. The van der Waals surface area contributed by atoms with Gasteiger partial charge in [0.1, 0.15) is 0 Å². The van der Waals surface area contributed by atoms with Crippen LogP contribution in [0.2, 0.25) is 0 Å².